The van der Waals surface area contributed by atoms with Crippen molar-refractivity contribution in [1.82, 2.24) is 15.6 Å². The van der Waals surface area contributed by atoms with E-state index < -0.39 is 0 Å². The van der Waals surface area contributed by atoms with Gasteiger partial charge in [-0.3, -0.25) is 11.3 Å². The van der Waals surface area contributed by atoms with Gasteiger partial charge in [0.15, 0.2) is 0 Å². The molecular weight excluding hydrogens is 299 g/mol. The molecule has 106 valence electrons. The van der Waals surface area contributed by atoms with Crippen molar-refractivity contribution in [2.45, 2.75) is 12.5 Å². The second-order valence-electron chi connectivity index (χ2n) is 4.17. The fourth-order valence-corrected chi connectivity index (χ4v) is 2.10. The third-order valence-corrected chi connectivity index (χ3v) is 3.59. The van der Waals surface area contributed by atoms with E-state index in [2.05, 4.69) is 15.6 Å². The van der Waals surface area contributed by atoms with Gasteiger partial charge in [0, 0.05) is 6.07 Å². The Hall–Kier alpha value is -1.40. The van der Waals surface area contributed by atoms with E-state index in [4.69, 9.17) is 33.8 Å². The largest absolute Gasteiger partial charge is 0.480 e. The van der Waals surface area contributed by atoms with Gasteiger partial charge in [0.25, 0.3) is 0 Å². The van der Waals surface area contributed by atoms with Gasteiger partial charge in [0.2, 0.25) is 5.88 Å². The summed E-state index contributed by atoms with van der Waals surface area (Å²) in [5, 5.41) is 9.04. The molecule has 1 aromatic heterocycles. The van der Waals surface area contributed by atoms with Crippen LogP contribution in [-0.4, -0.2) is 17.3 Å². The van der Waals surface area contributed by atoms with E-state index in [9.17, 15) is 0 Å². The first-order chi connectivity index (χ1) is 9.63. The van der Waals surface area contributed by atoms with E-state index in [1.54, 1.807) is 12.1 Å². The van der Waals surface area contributed by atoms with E-state index in [0.717, 1.165) is 11.3 Å². The van der Waals surface area contributed by atoms with Gasteiger partial charge < -0.3 is 4.74 Å². The van der Waals surface area contributed by atoms with Crippen LogP contribution < -0.4 is 16.0 Å². The molecule has 7 heteroatoms. The van der Waals surface area contributed by atoms with Gasteiger partial charge >= 0.3 is 0 Å². The van der Waals surface area contributed by atoms with Gasteiger partial charge in [-0.25, -0.2) is 0 Å². The maximum absolute atomic E-state index is 6.00. The second kappa shape index (κ2) is 6.85. The number of nitrogens with two attached hydrogens (primary N) is 1. The molecular formula is C13H14Cl2N4O. The first-order valence-electron chi connectivity index (χ1n) is 5.91. The molecule has 0 aliphatic carbocycles. The number of nitrogens with one attached hydrogen (secondary N) is 1. The van der Waals surface area contributed by atoms with Crippen LogP contribution >= 0.6 is 23.2 Å². The summed E-state index contributed by atoms with van der Waals surface area (Å²) in [6, 6.07) is 8.84. The molecule has 0 radical (unpaired) electrons. The minimum atomic E-state index is -0.175. The van der Waals surface area contributed by atoms with Crippen LogP contribution in [-0.2, 0) is 6.42 Å². The maximum Gasteiger partial charge on any atom is 0.233 e. The minimum absolute atomic E-state index is 0.175. The number of hydrogen-bond acceptors (Lipinski definition) is 5. The Kier molecular flexibility index (Phi) is 5.14. The molecule has 1 unspecified atom stereocenters. The lowest BCUT2D eigenvalue weighted by molar-refractivity contribution is 0.389. The molecule has 0 aliphatic rings. The summed E-state index contributed by atoms with van der Waals surface area (Å²) >= 11 is 11.9. The van der Waals surface area contributed by atoms with Crippen molar-refractivity contribution in [3.63, 3.8) is 0 Å². The van der Waals surface area contributed by atoms with Crippen LogP contribution in [0, 0.1) is 0 Å². The molecule has 1 atom stereocenters. The standard InChI is InChI=1S/C13H14Cl2N4O/c1-20-13-5-4-11(18-19-13)12(17-16)7-8-2-3-9(14)10(15)6-8/h2-6,12,17H,7,16H2,1H3. The van der Waals surface area contributed by atoms with Crippen molar-refractivity contribution in [2.75, 3.05) is 7.11 Å². The average molecular weight is 313 g/mol. The summed E-state index contributed by atoms with van der Waals surface area (Å²) in [6.07, 6.45) is 0.619. The van der Waals surface area contributed by atoms with Gasteiger partial charge in [-0.05, 0) is 30.2 Å². The zero-order chi connectivity index (χ0) is 14.5. The fraction of sp³-hybridized carbons (Fsp3) is 0.231. The highest BCUT2D eigenvalue weighted by Gasteiger charge is 2.13. The molecule has 2 aromatic rings. The number of aromatic nitrogens is 2. The lowest BCUT2D eigenvalue weighted by atomic mass is 10.0. The molecule has 0 fully saturated rings. The average Bonchev–Trinajstić information content (AvgIpc) is 2.48. The van der Waals surface area contributed by atoms with Crippen molar-refractivity contribution in [3.8, 4) is 5.88 Å². The summed E-state index contributed by atoms with van der Waals surface area (Å²) in [7, 11) is 1.54. The van der Waals surface area contributed by atoms with Crippen molar-refractivity contribution in [1.29, 1.82) is 0 Å². The SMILES string of the molecule is COc1ccc(C(Cc2ccc(Cl)c(Cl)c2)NN)nn1. The molecule has 0 bridgehead atoms. The normalized spacial score (nSPS) is 12.2. The molecule has 0 aliphatic heterocycles. The molecule has 5 nitrogen and oxygen atoms in total. The number of methoxy groups -OCH3 is 1. The van der Waals surface area contributed by atoms with Gasteiger partial charge in [-0.2, -0.15) is 5.10 Å². The molecule has 0 saturated heterocycles. The van der Waals surface area contributed by atoms with Gasteiger partial charge in [-0.15, -0.1) is 5.10 Å². The maximum atomic E-state index is 6.00. The second-order valence-corrected chi connectivity index (χ2v) is 4.99. The Morgan fingerprint density at radius 3 is 2.55 bits per heavy atom. The Morgan fingerprint density at radius 1 is 1.20 bits per heavy atom. The van der Waals surface area contributed by atoms with Crippen molar-refractivity contribution >= 4 is 23.2 Å². The Bertz CT molecular complexity index is 577. The van der Waals surface area contributed by atoms with Crippen LogP contribution in [0.2, 0.25) is 10.0 Å². The van der Waals surface area contributed by atoms with Gasteiger partial charge in [0.1, 0.15) is 0 Å². The van der Waals surface area contributed by atoms with E-state index >= 15 is 0 Å². The quantitative estimate of drug-likeness (QED) is 0.655. The molecule has 20 heavy (non-hydrogen) atoms. The zero-order valence-corrected chi connectivity index (χ0v) is 12.3. The Labute approximate surface area is 127 Å². The van der Waals surface area contributed by atoms with Gasteiger partial charge in [0.05, 0.1) is 28.9 Å². The number of hydrogen-bond donors (Lipinski definition) is 2. The lowest BCUT2D eigenvalue weighted by Crippen LogP contribution is -2.30. The predicted octanol–water partition coefficient (Wildman–Crippen LogP) is 2.54. The van der Waals surface area contributed by atoms with Crippen LogP contribution in [0.15, 0.2) is 30.3 Å². The fourth-order valence-electron chi connectivity index (χ4n) is 1.78. The number of halogens is 2. The summed E-state index contributed by atoms with van der Waals surface area (Å²) in [4.78, 5) is 0. The molecule has 0 amide bonds. The zero-order valence-electron chi connectivity index (χ0n) is 10.8. The highest BCUT2D eigenvalue weighted by atomic mass is 35.5. The predicted molar refractivity (Wildman–Crippen MR) is 78.8 cm³/mol. The summed E-state index contributed by atoms with van der Waals surface area (Å²) in [6.45, 7) is 0. The molecule has 0 saturated carbocycles. The van der Waals surface area contributed by atoms with Crippen molar-refractivity contribution in [3.05, 3.63) is 51.6 Å². The Balaban J connectivity index is 2.16. The minimum Gasteiger partial charge on any atom is -0.480 e. The van der Waals surface area contributed by atoms with Crippen LogP contribution in [0.1, 0.15) is 17.3 Å². The summed E-state index contributed by atoms with van der Waals surface area (Å²) in [5.41, 5.74) is 4.44. The van der Waals surface area contributed by atoms with Crippen LogP contribution in [0.25, 0.3) is 0 Å². The van der Waals surface area contributed by atoms with Crippen LogP contribution in [0.5, 0.6) is 5.88 Å². The topological polar surface area (TPSA) is 73.1 Å². The first-order valence-corrected chi connectivity index (χ1v) is 6.67. The molecule has 1 aromatic carbocycles. The van der Waals surface area contributed by atoms with Crippen LogP contribution in [0.4, 0.5) is 0 Å². The summed E-state index contributed by atoms with van der Waals surface area (Å²) in [5.74, 6) is 6.04. The molecule has 0 spiro atoms. The van der Waals surface area contributed by atoms with E-state index in [1.807, 2.05) is 18.2 Å². The first kappa shape index (κ1) is 15.0. The lowest BCUT2D eigenvalue weighted by Gasteiger charge is -2.15. The highest BCUT2D eigenvalue weighted by molar-refractivity contribution is 6.42. The number of benzene rings is 1. The van der Waals surface area contributed by atoms with Crippen molar-refractivity contribution in [2.24, 2.45) is 5.84 Å². The number of nitrogens with zero attached hydrogens (tertiary/aromatic N) is 2. The third kappa shape index (κ3) is 3.58. The van der Waals surface area contributed by atoms with Crippen molar-refractivity contribution < 1.29 is 4.74 Å². The van der Waals surface area contributed by atoms with E-state index in [0.29, 0.717) is 22.3 Å². The molecule has 3 N–H and O–H groups in total. The highest BCUT2D eigenvalue weighted by Crippen LogP contribution is 2.25. The van der Waals surface area contributed by atoms with Gasteiger partial charge in [-0.1, -0.05) is 29.3 Å². The third-order valence-electron chi connectivity index (χ3n) is 2.85. The smallest absolute Gasteiger partial charge is 0.233 e. The monoisotopic (exact) mass is 312 g/mol. The van der Waals surface area contributed by atoms with Crippen LogP contribution in [0.3, 0.4) is 0 Å². The van der Waals surface area contributed by atoms with E-state index in [1.165, 1.54) is 7.11 Å². The Morgan fingerprint density at radius 2 is 2.00 bits per heavy atom. The van der Waals surface area contributed by atoms with E-state index in [-0.39, 0.29) is 6.04 Å². The number of hydrazine groups is 1. The summed E-state index contributed by atoms with van der Waals surface area (Å²) < 4.78 is 4.97. The number of ether oxygens (including phenoxy) is 1. The number of rotatable bonds is 5. The molecule has 2 rings (SSSR count). The molecule has 1 heterocycles.